The van der Waals surface area contributed by atoms with Crippen molar-refractivity contribution < 1.29 is 23.9 Å². The number of carbonyl (C=O) groups is 4. The number of rotatable bonds is 3. The van der Waals surface area contributed by atoms with E-state index >= 15 is 0 Å². The summed E-state index contributed by atoms with van der Waals surface area (Å²) in [5, 5.41) is 5.26. The van der Waals surface area contributed by atoms with Crippen molar-refractivity contribution in [3.63, 3.8) is 0 Å². The van der Waals surface area contributed by atoms with E-state index in [4.69, 9.17) is 4.74 Å². The summed E-state index contributed by atoms with van der Waals surface area (Å²) in [7, 11) is 0. The molecule has 1 aromatic rings. The van der Waals surface area contributed by atoms with Crippen LogP contribution in [0.2, 0.25) is 0 Å². The summed E-state index contributed by atoms with van der Waals surface area (Å²) >= 11 is 0. The molecule has 1 saturated heterocycles. The van der Waals surface area contributed by atoms with Crippen molar-refractivity contribution in [2.24, 2.45) is 0 Å². The van der Waals surface area contributed by atoms with Crippen LogP contribution in [0.4, 0.5) is 4.79 Å². The number of nitrogens with one attached hydrogen (secondary N) is 2. The average Bonchev–Trinajstić information content (AvgIpc) is 3.04. The molecule has 2 aliphatic heterocycles. The van der Waals surface area contributed by atoms with Gasteiger partial charge in [-0.15, -0.1) is 0 Å². The number of hydrogen-bond donors (Lipinski definition) is 2. The molecule has 32 heavy (non-hydrogen) atoms. The summed E-state index contributed by atoms with van der Waals surface area (Å²) in [6.07, 6.45) is 4.51. The number of benzene rings is 1. The van der Waals surface area contributed by atoms with Crippen molar-refractivity contribution >= 4 is 29.4 Å². The highest BCUT2D eigenvalue weighted by Gasteiger charge is 2.40. The fraction of sp³-hybridized carbons (Fsp3) is 0.500. The zero-order valence-corrected chi connectivity index (χ0v) is 18.7. The molecular weight excluding hydrogens is 410 g/mol. The largest absolute Gasteiger partial charge is 0.444 e. The van der Waals surface area contributed by atoms with Gasteiger partial charge in [-0.05, 0) is 69.2 Å². The molecule has 1 aromatic carbocycles. The van der Waals surface area contributed by atoms with Crippen LogP contribution in [0, 0.1) is 0 Å². The fourth-order valence-corrected chi connectivity index (χ4v) is 4.57. The molecule has 1 fully saturated rings. The molecule has 0 saturated carbocycles. The Labute approximate surface area is 187 Å². The SMILES string of the molecule is CC(C)(C)OC(=O)NC1CC=C(c2cccc3c2CN(C2CCC(=O)NC2=O)C3=O)CC1. The summed E-state index contributed by atoms with van der Waals surface area (Å²) in [6, 6.07) is 5.05. The second-order valence-electron chi connectivity index (χ2n) is 9.58. The molecule has 2 unspecified atom stereocenters. The lowest BCUT2D eigenvalue weighted by Gasteiger charge is -2.29. The summed E-state index contributed by atoms with van der Waals surface area (Å²) in [5.41, 5.74) is 3.16. The Morgan fingerprint density at radius 3 is 2.53 bits per heavy atom. The predicted molar refractivity (Wildman–Crippen MR) is 117 cm³/mol. The lowest BCUT2D eigenvalue weighted by atomic mass is 9.87. The van der Waals surface area contributed by atoms with Gasteiger partial charge >= 0.3 is 6.09 Å². The van der Waals surface area contributed by atoms with Crippen molar-refractivity contribution in [3.8, 4) is 0 Å². The van der Waals surface area contributed by atoms with E-state index < -0.39 is 23.6 Å². The maximum atomic E-state index is 13.0. The van der Waals surface area contributed by atoms with Gasteiger partial charge in [0.1, 0.15) is 11.6 Å². The van der Waals surface area contributed by atoms with Crippen LogP contribution in [-0.4, -0.2) is 46.4 Å². The van der Waals surface area contributed by atoms with Gasteiger partial charge in [0, 0.05) is 24.6 Å². The van der Waals surface area contributed by atoms with Crippen LogP contribution >= 0.6 is 0 Å². The first-order valence-corrected chi connectivity index (χ1v) is 11.1. The third kappa shape index (κ3) is 4.54. The van der Waals surface area contributed by atoms with Gasteiger partial charge in [0.25, 0.3) is 5.91 Å². The molecule has 4 rings (SSSR count). The molecule has 2 atom stereocenters. The summed E-state index contributed by atoms with van der Waals surface area (Å²) < 4.78 is 5.34. The Morgan fingerprint density at radius 1 is 1.12 bits per heavy atom. The van der Waals surface area contributed by atoms with Crippen LogP contribution in [0.5, 0.6) is 0 Å². The molecule has 8 heteroatoms. The number of amides is 4. The summed E-state index contributed by atoms with van der Waals surface area (Å²) in [6.45, 7) is 5.86. The number of carbonyl (C=O) groups excluding carboxylic acids is 4. The first-order chi connectivity index (χ1) is 15.1. The third-order valence-electron chi connectivity index (χ3n) is 6.06. The number of hydrogen-bond acceptors (Lipinski definition) is 5. The average molecular weight is 440 g/mol. The van der Waals surface area contributed by atoms with Crippen LogP contribution in [0.15, 0.2) is 24.3 Å². The highest BCUT2D eigenvalue weighted by atomic mass is 16.6. The highest BCUT2D eigenvalue weighted by molar-refractivity contribution is 6.06. The lowest BCUT2D eigenvalue weighted by Crippen LogP contribution is -2.52. The fourth-order valence-electron chi connectivity index (χ4n) is 4.57. The summed E-state index contributed by atoms with van der Waals surface area (Å²) in [4.78, 5) is 50.4. The standard InChI is InChI=1S/C24H29N3O5/c1-24(2,3)32-23(31)25-15-9-7-14(8-10-15)16-5-4-6-17-18(16)13-27(22(17)30)19-11-12-20(28)26-21(19)29/h4-7,15,19H,8-13H2,1-3H3,(H,25,31)(H,26,28,29). The quantitative estimate of drug-likeness (QED) is 0.705. The van der Waals surface area contributed by atoms with Gasteiger partial charge in [-0.25, -0.2) is 4.79 Å². The van der Waals surface area contributed by atoms with Gasteiger partial charge in [-0.1, -0.05) is 18.2 Å². The molecule has 2 N–H and O–H groups in total. The normalized spacial score (nSPS) is 23.4. The molecule has 8 nitrogen and oxygen atoms in total. The molecule has 4 amide bonds. The number of nitrogens with zero attached hydrogens (tertiary/aromatic N) is 1. The number of alkyl carbamates (subject to hydrolysis) is 1. The van der Waals surface area contributed by atoms with E-state index in [1.165, 1.54) is 0 Å². The van der Waals surface area contributed by atoms with Crippen LogP contribution in [-0.2, 0) is 20.9 Å². The van der Waals surface area contributed by atoms with Gasteiger partial charge in [-0.3, -0.25) is 19.7 Å². The second kappa shape index (κ2) is 8.41. The number of imide groups is 1. The van der Waals surface area contributed by atoms with E-state index in [-0.39, 0.29) is 24.3 Å². The van der Waals surface area contributed by atoms with Crippen molar-refractivity contribution in [2.45, 2.75) is 77.1 Å². The molecule has 0 spiro atoms. The van der Waals surface area contributed by atoms with Gasteiger partial charge < -0.3 is 15.0 Å². The Bertz CT molecular complexity index is 1010. The minimum atomic E-state index is -0.622. The Balaban J connectivity index is 1.47. The second-order valence-corrected chi connectivity index (χ2v) is 9.58. The number of fused-ring (bicyclic) bond motifs is 1. The molecule has 0 bridgehead atoms. The van der Waals surface area contributed by atoms with Gasteiger partial charge in [-0.2, -0.15) is 0 Å². The van der Waals surface area contributed by atoms with Crippen LogP contribution in [0.3, 0.4) is 0 Å². The van der Waals surface area contributed by atoms with E-state index in [0.717, 1.165) is 29.5 Å². The van der Waals surface area contributed by atoms with Gasteiger partial charge in [0.05, 0.1) is 0 Å². The number of allylic oxidation sites excluding steroid dienone is 1. The molecule has 0 radical (unpaired) electrons. The van der Waals surface area contributed by atoms with E-state index in [9.17, 15) is 19.2 Å². The van der Waals surface area contributed by atoms with Crippen LogP contribution in [0.25, 0.3) is 5.57 Å². The predicted octanol–water partition coefficient (Wildman–Crippen LogP) is 2.91. The van der Waals surface area contributed by atoms with Crippen LogP contribution < -0.4 is 10.6 Å². The zero-order valence-electron chi connectivity index (χ0n) is 18.7. The topological polar surface area (TPSA) is 105 Å². The van der Waals surface area contributed by atoms with Crippen molar-refractivity contribution in [1.82, 2.24) is 15.5 Å². The Hall–Kier alpha value is -3.16. The first kappa shape index (κ1) is 22.0. The van der Waals surface area contributed by atoms with Crippen molar-refractivity contribution in [2.75, 3.05) is 0 Å². The smallest absolute Gasteiger partial charge is 0.407 e. The van der Waals surface area contributed by atoms with E-state index in [0.29, 0.717) is 24.9 Å². The van der Waals surface area contributed by atoms with E-state index in [2.05, 4.69) is 16.7 Å². The maximum absolute atomic E-state index is 13.0. The van der Waals surface area contributed by atoms with E-state index in [1.807, 2.05) is 32.9 Å². The minimum absolute atomic E-state index is 0.00645. The Morgan fingerprint density at radius 2 is 1.88 bits per heavy atom. The van der Waals surface area contributed by atoms with Gasteiger partial charge in [0.2, 0.25) is 11.8 Å². The van der Waals surface area contributed by atoms with Gasteiger partial charge in [0.15, 0.2) is 0 Å². The monoisotopic (exact) mass is 439 g/mol. The Kier molecular flexibility index (Phi) is 5.79. The number of ether oxygens (including phenoxy) is 1. The minimum Gasteiger partial charge on any atom is -0.444 e. The van der Waals surface area contributed by atoms with Crippen molar-refractivity contribution in [3.05, 3.63) is 41.0 Å². The zero-order chi connectivity index (χ0) is 23.0. The highest BCUT2D eigenvalue weighted by Crippen LogP contribution is 2.36. The van der Waals surface area contributed by atoms with Crippen LogP contribution in [0.1, 0.15) is 74.4 Å². The maximum Gasteiger partial charge on any atom is 0.407 e. The third-order valence-corrected chi connectivity index (χ3v) is 6.06. The molecule has 0 aromatic heterocycles. The molecule has 2 heterocycles. The molecule has 170 valence electrons. The molecular formula is C24H29N3O5. The molecule has 1 aliphatic carbocycles. The van der Waals surface area contributed by atoms with E-state index in [1.54, 1.807) is 11.0 Å². The lowest BCUT2D eigenvalue weighted by molar-refractivity contribution is -0.136. The first-order valence-electron chi connectivity index (χ1n) is 11.1. The van der Waals surface area contributed by atoms with Crippen molar-refractivity contribution in [1.29, 1.82) is 0 Å². The molecule has 3 aliphatic rings. The number of piperidine rings is 1. The summed E-state index contributed by atoms with van der Waals surface area (Å²) in [5.74, 6) is -0.868.